The van der Waals surface area contributed by atoms with Gasteiger partial charge in [0.1, 0.15) is 0 Å². The second-order valence-electron chi connectivity index (χ2n) is 2.34. The fourth-order valence-corrected chi connectivity index (χ4v) is 0.436. The van der Waals surface area contributed by atoms with Gasteiger partial charge in [-0.15, -0.1) is 0 Å². The van der Waals surface area contributed by atoms with Crippen molar-refractivity contribution in [1.29, 1.82) is 0 Å². The molecular weight excluding hydrogens is 118 g/mol. The normalized spacial score (nSPS) is 17.3. The van der Waals surface area contributed by atoms with E-state index >= 15 is 0 Å². The lowest BCUT2D eigenvalue weighted by atomic mass is 10.3. The van der Waals surface area contributed by atoms with Gasteiger partial charge in [0.25, 0.3) is 0 Å². The Balaban J connectivity index is 3.06. The van der Waals surface area contributed by atoms with E-state index < -0.39 is 0 Å². The summed E-state index contributed by atoms with van der Waals surface area (Å²) in [6.45, 7) is 4.23. The zero-order valence-corrected chi connectivity index (χ0v) is 5.96. The number of aliphatic hydroxyl groups excluding tert-OH is 2. The number of nitrogens with one attached hydrogen (secondary N) is 1. The van der Waals surface area contributed by atoms with E-state index in [1.165, 1.54) is 0 Å². The lowest BCUT2D eigenvalue weighted by Gasteiger charge is -2.11. The molecular formula is C6H15NO2. The average Bonchev–Trinajstić information content (AvgIpc) is 1.83. The van der Waals surface area contributed by atoms with E-state index in [9.17, 15) is 0 Å². The third-order valence-corrected chi connectivity index (χ3v) is 1.04. The third-order valence-electron chi connectivity index (χ3n) is 1.04. The Morgan fingerprint density at radius 1 is 1.44 bits per heavy atom. The molecule has 0 saturated carbocycles. The maximum atomic E-state index is 8.75. The maximum Gasteiger partial charge on any atom is 0.0636 e. The summed E-state index contributed by atoms with van der Waals surface area (Å²) < 4.78 is 0. The Hall–Kier alpha value is -0.120. The van der Waals surface area contributed by atoms with Crippen molar-refractivity contribution in [3.05, 3.63) is 0 Å². The summed E-state index contributed by atoms with van der Waals surface area (Å²) in [5, 5.41) is 20.2. The monoisotopic (exact) mass is 133 g/mol. The fourth-order valence-electron chi connectivity index (χ4n) is 0.436. The van der Waals surface area contributed by atoms with Crippen molar-refractivity contribution in [3.8, 4) is 0 Å². The van der Waals surface area contributed by atoms with Crippen molar-refractivity contribution < 1.29 is 10.2 Å². The van der Waals surface area contributed by atoms with Crippen molar-refractivity contribution >= 4 is 0 Å². The second-order valence-corrected chi connectivity index (χ2v) is 2.34. The lowest BCUT2D eigenvalue weighted by Crippen LogP contribution is -2.34. The molecule has 0 rings (SSSR count). The summed E-state index contributed by atoms with van der Waals surface area (Å²) in [6.07, 6.45) is -0.334. The van der Waals surface area contributed by atoms with Crippen LogP contribution in [0.4, 0.5) is 0 Å². The summed E-state index contributed by atoms with van der Waals surface area (Å²) >= 11 is 0. The molecule has 56 valence electrons. The van der Waals surface area contributed by atoms with E-state index in [4.69, 9.17) is 10.2 Å². The van der Waals surface area contributed by atoms with Crippen molar-refractivity contribution in [3.63, 3.8) is 0 Å². The molecule has 3 heteroatoms. The molecule has 0 fully saturated rings. The molecule has 0 spiro atoms. The van der Waals surface area contributed by atoms with Gasteiger partial charge in [0.05, 0.1) is 12.7 Å². The molecule has 9 heavy (non-hydrogen) atoms. The molecule has 0 saturated heterocycles. The van der Waals surface area contributed by atoms with Crippen LogP contribution in [0.3, 0.4) is 0 Å². The standard InChI is InChI=1S/C6H15NO2/c1-5(4-8)7-3-6(2)9/h5-9H,3-4H2,1-2H3/t5-,6+/m1/s1. The van der Waals surface area contributed by atoms with Gasteiger partial charge in [-0.2, -0.15) is 0 Å². The van der Waals surface area contributed by atoms with E-state index in [0.29, 0.717) is 6.54 Å². The Labute approximate surface area is 55.7 Å². The Bertz CT molecular complexity index is 66.1. The SMILES string of the molecule is C[C@H](O)CN[C@H](C)CO. The van der Waals surface area contributed by atoms with E-state index in [1.807, 2.05) is 6.92 Å². The highest BCUT2D eigenvalue weighted by Gasteiger charge is 1.99. The van der Waals surface area contributed by atoms with Gasteiger partial charge in [0.15, 0.2) is 0 Å². The highest BCUT2D eigenvalue weighted by Crippen LogP contribution is 1.80. The van der Waals surface area contributed by atoms with Gasteiger partial charge in [-0.25, -0.2) is 0 Å². The molecule has 0 unspecified atom stereocenters. The van der Waals surface area contributed by atoms with Crippen molar-refractivity contribution in [2.24, 2.45) is 0 Å². The molecule has 3 N–H and O–H groups in total. The summed E-state index contributed by atoms with van der Waals surface area (Å²) in [5.74, 6) is 0. The molecule has 0 aromatic carbocycles. The zero-order chi connectivity index (χ0) is 7.28. The third kappa shape index (κ3) is 5.76. The van der Waals surface area contributed by atoms with Gasteiger partial charge in [0.2, 0.25) is 0 Å². The van der Waals surface area contributed by atoms with Crippen LogP contribution >= 0.6 is 0 Å². The highest BCUT2D eigenvalue weighted by atomic mass is 16.3. The molecule has 0 aromatic heterocycles. The Morgan fingerprint density at radius 3 is 2.33 bits per heavy atom. The quantitative estimate of drug-likeness (QED) is 0.477. The van der Waals surface area contributed by atoms with Crippen LogP contribution in [0.15, 0.2) is 0 Å². The van der Waals surface area contributed by atoms with Crippen molar-refractivity contribution in [2.75, 3.05) is 13.2 Å². The topological polar surface area (TPSA) is 52.5 Å². The van der Waals surface area contributed by atoms with Crippen molar-refractivity contribution in [1.82, 2.24) is 5.32 Å². The largest absolute Gasteiger partial charge is 0.395 e. The number of rotatable bonds is 4. The predicted octanol–water partition coefficient (Wildman–Crippen LogP) is -0.662. The minimum atomic E-state index is -0.334. The van der Waals surface area contributed by atoms with E-state index in [2.05, 4.69) is 5.32 Å². The number of hydrogen-bond acceptors (Lipinski definition) is 3. The van der Waals surface area contributed by atoms with E-state index in [-0.39, 0.29) is 18.8 Å². The first-order valence-electron chi connectivity index (χ1n) is 3.19. The van der Waals surface area contributed by atoms with Crippen LogP contribution < -0.4 is 5.32 Å². The van der Waals surface area contributed by atoms with Gasteiger partial charge in [-0.3, -0.25) is 0 Å². The summed E-state index contributed by atoms with van der Waals surface area (Å²) in [5.41, 5.74) is 0. The number of hydrogen-bond donors (Lipinski definition) is 3. The lowest BCUT2D eigenvalue weighted by molar-refractivity contribution is 0.175. The van der Waals surface area contributed by atoms with Gasteiger partial charge in [0, 0.05) is 12.6 Å². The molecule has 0 aromatic rings. The maximum absolute atomic E-state index is 8.75. The van der Waals surface area contributed by atoms with Crippen LogP contribution in [0.25, 0.3) is 0 Å². The predicted molar refractivity (Wildman–Crippen MR) is 36.2 cm³/mol. The van der Waals surface area contributed by atoms with E-state index in [0.717, 1.165) is 0 Å². The van der Waals surface area contributed by atoms with Crippen LogP contribution in [0.2, 0.25) is 0 Å². The molecule has 0 aliphatic heterocycles. The molecule has 0 bridgehead atoms. The van der Waals surface area contributed by atoms with Crippen molar-refractivity contribution in [2.45, 2.75) is 26.0 Å². The van der Waals surface area contributed by atoms with Gasteiger partial charge >= 0.3 is 0 Å². The zero-order valence-electron chi connectivity index (χ0n) is 5.96. The van der Waals surface area contributed by atoms with Crippen LogP contribution in [0.5, 0.6) is 0 Å². The molecule has 0 aliphatic rings. The fraction of sp³-hybridized carbons (Fsp3) is 1.00. The average molecular weight is 133 g/mol. The van der Waals surface area contributed by atoms with Crippen LogP contribution in [-0.4, -0.2) is 35.5 Å². The van der Waals surface area contributed by atoms with Gasteiger partial charge in [-0.05, 0) is 13.8 Å². The second kappa shape index (κ2) is 4.73. The highest BCUT2D eigenvalue weighted by molar-refractivity contribution is 4.59. The molecule has 0 radical (unpaired) electrons. The smallest absolute Gasteiger partial charge is 0.0636 e. The first-order valence-corrected chi connectivity index (χ1v) is 3.19. The first-order chi connectivity index (χ1) is 4.16. The van der Waals surface area contributed by atoms with E-state index in [1.54, 1.807) is 6.92 Å². The Kier molecular flexibility index (Phi) is 4.67. The molecule has 0 heterocycles. The Morgan fingerprint density at radius 2 is 2.00 bits per heavy atom. The first kappa shape index (κ1) is 8.88. The minimum Gasteiger partial charge on any atom is -0.395 e. The molecule has 2 atom stereocenters. The van der Waals surface area contributed by atoms with Gasteiger partial charge in [-0.1, -0.05) is 0 Å². The summed E-state index contributed by atoms with van der Waals surface area (Å²) in [4.78, 5) is 0. The van der Waals surface area contributed by atoms with Crippen LogP contribution in [0.1, 0.15) is 13.8 Å². The van der Waals surface area contributed by atoms with Crippen LogP contribution in [-0.2, 0) is 0 Å². The molecule has 3 nitrogen and oxygen atoms in total. The summed E-state index contributed by atoms with van der Waals surface area (Å²) in [6, 6.07) is 0.0830. The summed E-state index contributed by atoms with van der Waals surface area (Å²) in [7, 11) is 0. The van der Waals surface area contributed by atoms with Gasteiger partial charge < -0.3 is 15.5 Å². The minimum absolute atomic E-state index is 0.0830. The van der Waals surface area contributed by atoms with Crippen LogP contribution in [0, 0.1) is 0 Å². The molecule has 0 aliphatic carbocycles. The number of aliphatic hydroxyl groups is 2. The molecule has 0 amide bonds.